The molecule has 2 aliphatic rings. The van der Waals surface area contributed by atoms with Crippen molar-refractivity contribution in [1.29, 1.82) is 0 Å². The summed E-state index contributed by atoms with van der Waals surface area (Å²) in [5, 5.41) is 2.64. The Bertz CT molecular complexity index is 1810. The average molecular weight is 639 g/mol. The summed E-state index contributed by atoms with van der Waals surface area (Å²) in [6.07, 6.45) is -5.31. The fourth-order valence-corrected chi connectivity index (χ4v) is 7.55. The number of rotatable bonds is 7. The number of benzene rings is 3. The molecule has 0 bridgehead atoms. The van der Waals surface area contributed by atoms with Gasteiger partial charge in [0.05, 0.1) is 35.4 Å². The van der Waals surface area contributed by atoms with Crippen LogP contribution in [0.25, 0.3) is 11.4 Å². The Morgan fingerprint density at radius 1 is 1.00 bits per heavy atom. The standard InChI is InChI=1S/C32H29F3N4O5S/c1-21-20-43-18-17-39(21)28-19-27(31(15-16-31)45(41,42)26-10-6-5-9-25(26)32(33,34)35)37-29(38-28)22-11-13-23(14-12-22)36-30(40)44-24-7-3-2-4-8-24/h2-14,19,21H,15-18,20H2,1H3,(H,36,40)/t21-/m0/s1. The molecule has 9 nitrogen and oxygen atoms in total. The van der Waals surface area contributed by atoms with Gasteiger partial charge in [-0.1, -0.05) is 30.3 Å². The number of halogens is 3. The van der Waals surface area contributed by atoms with E-state index in [0.717, 1.165) is 12.1 Å². The van der Waals surface area contributed by atoms with E-state index in [1.165, 1.54) is 12.1 Å². The maximum absolute atomic E-state index is 14.0. The van der Waals surface area contributed by atoms with Crippen LogP contribution in [0.4, 0.5) is 29.5 Å². The Hall–Kier alpha value is -4.49. The number of alkyl halides is 3. The van der Waals surface area contributed by atoms with Gasteiger partial charge in [0.15, 0.2) is 15.7 Å². The predicted molar refractivity (Wildman–Crippen MR) is 161 cm³/mol. The zero-order chi connectivity index (χ0) is 31.8. The lowest BCUT2D eigenvalue weighted by Crippen LogP contribution is -2.44. The summed E-state index contributed by atoms with van der Waals surface area (Å²) in [5.74, 6) is 1.03. The van der Waals surface area contributed by atoms with Crippen LogP contribution in [-0.4, -0.2) is 50.3 Å². The molecule has 13 heteroatoms. The summed E-state index contributed by atoms with van der Waals surface area (Å²) >= 11 is 0. The van der Waals surface area contributed by atoms with Gasteiger partial charge in [0, 0.05) is 23.9 Å². The van der Waals surface area contributed by atoms with Crippen LogP contribution in [0.3, 0.4) is 0 Å². The highest BCUT2D eigenvalue weighted by atomic mass is 32.2. The molecular weight excluding hydrogens is 609 g/mol. The van der Waals surface area contributed by atoms with Gasteiger partial charge in [0.25, 0.3) is 0 Å². The summed E-state index contributed by atoms with van der Waals surface area (Å²) in [5.41, 5.74) is -0.124. The molecule has 1 N–H and O–H groups in total. The van der Waals surface area contributed by atoms with Crippen molar-refractivity contribution >= 4 is 27.4 Å². The van der Waals surface area contributed by atoms with Gasteiger partial charge >= 0.3 is 12.3 Å². The largest absolute Gasteiger partial charge is 0.417 e. The molecule has 1 saturated carbocycles. The minimum absolute atomic E-state index is 0.0886. The number of nitrogens with one attached hydrogen (secondary N) is 1. The maximum atomic E-state index is 14.0. The van der Waals surface area contributed by atoms with Crippen molar-refractivity contribution in [3.8, 4) is 17.1 Å². The van der Waals surface area contributed by atoms with Crippen LogP contribution in [-0.2, 0) is 25.5 Å². The van der Waals surface area contributed by atoms with Crippen molar-refractivity contribution in [3.05, 3.63) is 96.2 Å². The monoisotopic (exact) mass is 638 g/mol. The molecule has 234 valence electrons. The fraction of sp³-hybridized carbons (Fsp3) is 0.281. The molecule has 0 spiro atoms. The van der Waals surface area contributed by atoms with Crippen molar-refractivity contribution < 1.29 is 35.9 Å². The van der Waals surface area contributed by atoms with E-state index in [4.69, 9.17) is 14.5 Å². The van der Waals surface area contributed by atoms with Crippen molar-refractivity contribution in [2.24, 2.45) is 0 Å². The second-order valence-corrected chi connectivity index (χ2v) is 13.2. The van der Waals surface area contributed by atoms with Gasteiger partial charge in [0.1, 0.15) is 16.3 Å². The molecule has 1 saturated heterocycles. The molecule has 1 amide bonds. The van der Waals surface area contributed by atoms with E-state index < -0.39 is 37.3 Å². The molecule has 1 aliphatic heterocycles. The molecule has 1 aromatic heterocycles. The number of morpholine rings is 1. The zero-order valence-electron chi connectivity index (χ0n) is 24.1. The minimum atomic E-state index is -4.85. The topological polar surface area (TPSA) is 111 Å². The van der Waals surface area contributed by atoms with Crippen LogP contribution < -0.4 is 15.0 Å². The van der Waals surface area contributed by atoms with Crippen molar-refractivity contribution in [1.82, 2.24) is 9.97 Å². The van der Waals surface area contributed by atoms with Crippen LogP contribution in [0.5, 0.6) is 5.75 Å². The first-order valence-electron chi connectivity index (χ1n) is 14.3. The number of aromatic nitrogens is 2. The highest BCUT2D eigenvalue weighted by Gasteiger charge is 2.59. The Balaban J connectivity index is 1.37. The summed E-state index contributed by atoms with van der Waals surface area (Å²) < 4.78 is 78.9. The van der Waals surface area contributed by atoms with E-state index >= 15 is 0 Å². The third-order valence-electron chi connectivity index (χ3n) is 7.89. The summed E-state index contributed by atoms with van der Waals surface area (Å²) in [6.45, 7) is 3.29. The third-order valence-corrected chi connectivity index (χ3v) is 10.5. The van der Waals surface area contributed by atoms with Crippen LogP contribution in [0.15, 0.2) is 89.8 Å². The van der Waals surface area contributed by atoms with Gasteiger partial charge < -0.3 is 14.4 Å². The third kappa shape index (κ3) is 6.09. The Labute approximate surface area is 258 Å². The first kappa shape index (κ1) is 30.5. The maximum Gasteiger partial charge on any atom is 0.417 e. The second kappa shape index (κ2) is 11.8. The molecule has 0 unspecified atom stereocenters. The highest BCUT2D eigenvalue weighted by molar-refractivity contribution is 7.92. The molecule has 2 heterocycles. The first-order chi connectivity index (χ1) is 21.5. The molecule has 2 fully saturated rings. The van der Waals surface area contributed by atoms with E-state index in [0.29, 0.717) is 42.6 Å². The molecule has 6 rings (SSSR count). The Kier molecular flexibility index (Phi) is 8.00. The Morgan fingerprint density at radius 3 is 2.36 bits per heavy atom. The van der Waals surface area contributed by atoms with Crippen LogP contribution in [0.2, 0.25) is 0 Å². The van der Waals surface area contributed by atoms with E-state index in [-0.39, 0.29) is 30.4 Å². The van der Waals surface area contributed by atoms with Crippen LogP contribution in [0, 0.1) is 0 Å². The second-order valence-electron chi connectivity index (χ2n) is 10.9. The van der Waals surface area contributed by atoms with Gasteiger partial charge in [-0.15, -0.1) is 0 Å². The SMILES string of the molecule is C[C@H]1COCCN1c1cc(C2(S(=O)(=O)c3ccccc3C(F)(F)F)CC2)nc(-c2ccc(NC(=O)Oc3ccccc3)cc2)n1. The van der Waals surface area contributed by atoms with E-state index in [9.17, 15) is 26.4 Å². The van der Waals surface area contributed by atoms with E-state index in [1.807, 2.05) is 11.8 Å². The predicted octanol–water partition coefficient (Wildman–Crippen LogP) is 6.46. The number of carbonyl (C=O) groups is 1. The molecule has 1 aliphatic carbocycles. The summed E-state index contributed by atoms with van der Waals surface area (Å²) in [4.78, 5) is 22.9. The van der Waals surface area contributed by atoms with Gasteiger partial charge in [-0.25, -0.2) is 23.2 Å². The first-order valence-corrected chi connectivity index (χ1v) is 15.8. The van der Waals surface area contributed by atoms with Gasteiger partial charge in [-0.2, -0.15) is 13.2 Å². The molecule has 4 aromatic rings. The number of amides is 1. The fourth-order valence-electron chi connectivity index (χ4n) is 5.37. The minimum Gasteiger partial charge on any atom is -0.410 e. The average Bonchev–Trinajstić information content (AvgIpc) is 3.85. The number of carbonyl (C=O) groups excluding carboxylic acids is 1. The molecule has 1 atom stereocenters. The van der Waals surface area contributed by atoms with E-state index in [2.05, 4.69) is 10.3 Å². The van der Waals surface area contributed by atoms with Crippen LogP contribution >= 0.6 is 0 Å². The molecule has 0 radical (unpaired) electrons. The number of sulfone groups is 1. The smallest absolute Gasteiger partial charge is 0.410 e. The number of nitrogens with zero attached hydrogens (tertiary/aromatic N) is 3. The number of hydrogen-bond donors (Lipinski definition) is 1. The summed E-state index contributed by atoms with van der Waals surface area (Å²) in [7, 11) is -4.52. The number of anilines is 2. The lowest BCUT2D eigenvalue weighted by molar-refractivity contribution is -0.139. The zero-order valence-corrected chi connectivity index (χ0v) is 24.9. The van der Waals surface area contributed by atoms with Gasteiger partial charge in [-0.05, 0) is 68.3 Å². The molecule has 45 heavy (non-hydrogen) atoms. The summed E-state index contributed by atoms with van der Waals surface area (Å²) in [6, 6.07) is 20.9. The van der Waals surface area contributed by atoms with Crippen molar-refractivity contribution in [2.75, 3.05) is 30.0 Å². The van der Waals surface area contributed by atoms with Gasteiger partial charge in [-0.3, -0.25) is 5.32 Å². The number of ether oxygens (including phenoxy) is 2. The van der Waals surface area contributed by atoms with Crippen molar-refractivity contribution in [3.63, 3.8) is 0 Å². The lowest BCUT2D eigenvalue weighted by atomic mass is 10.1. The molecular formula is C32H29F3N4O5S. The van der Waals surface area contributed by atoms with Gasteiger partial charge in [0.2, 0.25) is 0 Å². The normalized spacial score (nSPS) is 17.9. The Morgan fingerprint density at radius 2 is 1.69 bits per heavy atom. The quantitative estimate of drug-likeness (QED) is 0.246. The highest BCUT2D eigenvalue weighted by Crippen LogP contribution is 2.56. The van der Waals surface area contributed by atoms with E-state index in [1.54, 1.807) is 60.7 Å². The number of para-hydroxylation sites is 1. The van der Waals surface area contributed by atoms with Crippen molar-refractivity contribution in [2.45, 2.75) is 41.6 Å². The lowest BCUT2D eigenvalue weighted by Gasteiger charge is -2.35. The van der Waals surface area contributed by atoms with Crippen LogP contribution in [0.1, 0.15) is 31.0 Å². The number of hydrogen-bond acceptors (Lipinski definition) is 8. The molecule has 3 aromatic carbocycles.